The van der Waals surface area contributed by atoms with E-state index >= 15 is 0 Å². The average molecular weight is 202 g/mol. The third-order valence-corrected chi connectivity index (χ3v) is 1.60. The van der Waals surface area contributed by atoms with Crippen LogP contribution in [0, 0.1) is 0 Å². The summed E-state index contributed by atoms with van der Waals surface area (Å²) in [6.07, 6.45) is 0. The first kappa shape index (κ1) is 10.2. The number of nitrogens with zero attached hydrogens (tertiary/aromatic N) is 3. The van der Waals surface area contributed by atoms with Gasteiger partial charge in [-0.05, 0) is 20.2 Å². The van der Waals surface area contributed by atoms with E-state index in [1.54, 1.807) is 12.1 Å². The Labute approximate surface area is 82.5 Å². The molecule has 0 unspecified atom stereocenters. The maximum atomic E-state index is 5.56. The number of halogens is 1. The molecule has 0 amide bonds. The fraction of sp³-hybridized carbons (Fsp3) is 0.500. The van der Waals surface area contributed by atoms with E-state index in [4.69, 9.17) is 16.3 Å². The molecule has 0 spiro atoms. The molecular weight excluding hydrogens is 190 g/mol. The molecule has 0 atom stereocenters. The number of rotatable bonds is 4. The van der Waals surface area contributed by atoms with Crippen molar-refractivity contribution < 1.29 is 4.74 Å². The Morgan fingerprint density at radius 1 is 1.38 bits per heavy atom. The van der Waals surface area contributed by atoms with E-state index in [1.165, 1.54) is 0 Å². The first-order valence-corrected chi connectivity index (χ1v) is 4.33. The zero-order chi connectivity index (χ0) is 9.68. The molecule has 72 valence electrons. The molecule has 1 rings (SSSR count). The summed E-state index contributed by atoms with van der Waals surface area (Å²) in [5.41, 5.74) is 0. The first-order chi connectivity index (χ1) is 6.18. The molecule has 0 saturated heterocycles. The number of aromatic nitrogens is 2. The Morgan fingerprint density at radius 3 is 2.69 bits per heavy atom. The second-order valence-electron chi connectivity index (χ2n) is 2.85. The van der Waals surface area contributed by atoms with Gasteiger partial charge in [-0.1, -0.05) is 11.6 Å². The van der Waals surface area contributed by atoms with Gasteiger partial charge in [-0.15, -0.1) is 10.2 Å². The fourth-order valence-electron chi connectivity index (χ4n) is 0.714. The fourth-order valence-corrected chi connectivity index (χ4v) is 0.814. The van der Waals surface area contributed by atoms with Gasteiger partial charge in [0.15, 0.2) is 5.15 Å². The van der Waals surface area contributed by atoms with Crippen molar-refractivity contribution in [2.45, 2.75) is 0 Å². The zero-order valence-electron chi connectivity index (χ0n) is 7.70. The Bertz CT molecular complexity index is 250. The van der Waals surface area contributed by atoms with E-state index in [9.17, 15) is 0 Å². The van der Waals surface area contributed by atoms with Crippen molar-refractivity contribution in [3.05, 3.63) is 17.3 Å². The lowest BCUT2D eigenvalue weighted by Crippen LogP contribution is -2.19. The molecule has 0 aliphatic rings. The van der Waals surface area contributed by atoms with Gasteiger partial charge in [-0.2, -0.15) is 0 Å². The van der Waals surface area contributed by atoms with Crippen LogP contribution in [0.1, 0.15) is 0 Å². The summed E-state index contributed by atoms with van der Waals surface area (Å²) < 4.78 is 5.30. The minimum absolute atomic E-state index is 0.375. The summed E-state index contributed by atoms with van der Waals surface area (Å²) in [7, 11) is 3.97. The summed E-state index contributed by atoms with van der Waals surface area (Å²) in [4.78, 5) is 2.03. The molecule has 4 nitrogen and oxygen atoms in total. The summed E-state index contributed by atoms with van der Waals surface area (Å²) >= 11 is 5.56. The number of likely N-dealkylation sites (N-methyl/N-ethyl adjacent to an activating group) is 1. The molecular formula is C8H12ClN3O. The standard InChI is InChI=1S/C8H12ClN3O/c1-12(2)5-6-13-8-4-3-7(9)10-11-8/h3-4H,5-6H2,1-2H3. The van der Waals surface area contributed by atoms with Gasteiger partial charge in [0.1, 0.15) is 6.61 Å². The lowest BCUT2D eigenvalue weighted by atomic mass is 10.5. The Kier molecular flexibility index (Phi) is 3.92. The van der Waals surface area contributed by atoms with Crippen LogP contribution >= 0.6 is 11.6 Å². The molecule has 1 heterocycles. The van der Waals surface area contributed by atoms with Crippen molar-refractivity contribution >= 4 is 11.6 Å². The van der Waals surface area contributed by atoms with E-state index in [-0.39, 0.29) is 0 Å². The molecule has 0 aliphatic heterocycles. The van der Waals surface area contributed by atoms with Crippen LogP contribution in [0.4, 0.5) is 0 Å². The molecule has 0 radical (unpaired) electrons. The molecule has 1 aromatic rings. The Morgan fingerprint density at radius 2 is 2.15 bits per heavy atom. The summed E-state index contributed by atoms with van der Waals surface area (Å²) in [5, 5.41) is 7.78. The lowest BCUT2D eigenvalue weighted by molar-refractivity contribution is 0.251. The largest absolute Gasteiger partial charge is 0.475 e. The third kappa shape index (κ3) is 4.05. The highest BCUT2D eigenvalue weighted by atomic mass is 35.5. The highest BCUT2D eigenvalue weighted by Crippen LogP contribution is 2.07. The number of ether oxygens (including phenoxy) is 1. The minimum Gasteiger partial charge on any atom is -0.475 e. The van der Waals surface area contributed by atoms with Gasteiger partial charge in [-0.25, -0.2) is 0 Å². The molecule has 13 heavy (non-hydrogen) atoms. The van der Waals surface area contributed by atoms with E-state index in [0.29, 0.717) is 17.6 Å². The maximum absolute atomic E-state index is 5.56. The number of hydrogen-bond donors (Lipinski definition) is 0. The van der Waals surface area contributed by atoms with Crippen molar-refractivity contribution in [3.63, 3.8) is 0 Å². The topological polar surface area (TPSA) is 38.2 Å². The summed E-state index contributed by atoms with van der Waals surface area (Å²) in [6, 6.07) is 3.35. The van der Waals surface area contributed by atoms with Gasteiger partial charge in [0.2, 0.25) is 5.88 Å². The third-order valence-electron chi connectivity index (χ3n) is 1.40. The second-order valence-corrected chi connectivity index (χ2v) is 3.23. The average Bonchev–Trinajstić information content (AvgIpc) is 2.08. The molecule has 5 heteroatoms. The van der Waals surface area contributed by atoms with Gasteiger partial charge >= 0.3 is 0 Å². The highest BCUT2D eigenvalue weighted by Gasteiger charge is 1.96. The Hall–Kier alpha value is -0.870. The van der Waals surface area contributed by atoms with Crippen molar-refractivity contribution in [1.29, 1.82) is 0 Å². The van der Waals surface area contributed by atoms with Gasteiger partial charge in [0.05, 0.1) is 0 Å². The smallest absolute Gasteiger partial charge is 0.233 e. The van der Waals surface area contributed by atoms with E-state index in [1.807, 2.05) is 19.0 Å². The normalized spacial score (nSPS) is 10.5. The molecule has 0 saturated carbocycles. The molecule has 0 aliphatic carbocycles. The van der Waals surface area contributed by atoms with E-state index < -0.39 is 0 Å². The number of hydrogen-bond acceptors (Lipinski definition) is 4. The first-order valence-electron chi connectivity index (χ1n) is 3.95. The predicted molar refractivity (Wildman–Crippen MR) is 51.1 cm³/mol. The highest BCUT2D eigenvalue weighted by molar-refractivity contribution is 6.29. The predicted octanol–water partition coefficient (Wildman–Crippen LogP) is 1.07. The van der Waals surface area contributed by atoms with Crippen LogP contribution in [-0.4, -0.2) is 42.3 Å². The monoisotopic (exact) mass is 201 g/mol. The lowest BCUT2D eigenvalue weighted by Gasteiger charge is -2.09. The van der Waals surface area contributed by atoms with Crippen LogP contribution in [0.5, 0.6) is 5.88 Å². The van der Waals surface area contributed by atoms with Crippen molar-refractivity contribution in [2.24, 2.45) is 0 Å². The SMILES string of the molecule is CN(C)CCOc1ccc(Cl)nn1. The van der Waals surface area contributed by atoms with Crippen molar-refractivity contribution in [3.8, 4) is 5.88 Å². The van der Waals surface area contributed by atoms with Crippen LogP contribution in [0.2, 0.25) is 5.15 Å². The van der Waals surface area contributed by atoms with Gasteiger partial charge in [0, 0.05) is 12.6 Å². The second kappa shape index (κ2) is 4.99. The molecule has 0 aromatic carbocycles. The van der Waals surface area contributed by atoms with Crippen molar-refractivity contribution in [2.75, 3.05) is 27.2 Å². The van der Waals surface area contributed by atoms with Gasteiger partial charge < -0.3 is 9.64 Å². The van der Waals surface area contributed by atoms with E-state index in [2.05, 4.69) is 10.2 Å². The minimum atomic E-state index is 0.375. The van der Waals surface area contributed by atoms with Crippen LogP contribution in [-0.2, 0) is 0 Å². The van der Waals surface area contributed by atoms with Crippen LogP contribution in [0.3, 0.4) is 0 Å². The quantitative estimate of drug-likeness (QED) is 0.731. The van der Waals surface area contributed by atoms with Crippen LogP contribution in [0.15, 0.2) is 12.1 Å². The Balaban J connectivity index is 2.33. The van der Waals surface area contributed by atoms with Gasteiger partial charge in [-0.3, -0.25) is 0 Å². The molecule has 0 N–H and O–H groups in total. The van der Waals surface area contributed by atoms with Gasteiger partial charge in [0.25, 0.3) is 0 Å². The van der Waals surface area contributed by atoms with Crippen LogP contribution < -0.4 is 4.74 Å². The molecule has 1 aromatic heterocycles. The molecule has 0 fully saturated rings. The van der Waals surface area contributed by atoms with Crippen molar-refractivity contribution in [1.82, 2.24) is 15.1 Å². The summed E-state index contributed by atoms with van der Waals surface area (Å²) in [5.74, 6) is 0.506. The summed E-state index contributed by atoms with van der Waals surface area (Å²) in [6.45, 7) is 1.45. The van der Waals surface area contributed by atoms with E-state index in [0.717, 1.165) is 6.54 Å². The van der Waals surface area contributed by atoms with Crippen LogP contribution in [0.25, 0.3) is 0 Å². The molecule has 0 bridgehead atoms. The zero-order valence-corrected chi connectivity index (χ0v) is 8.45. The maximum Gasteiger partial charge on any atom is 0.233 e.